The Morgan fingerprint density at radius 1 is 1.48 bits per heavy atom. The molecule has 118 valence electrons. The number of alkyl carbamates (subject to hydrolysis) is 1. The van der Waals surface area contributed by atoms with Crippen molar-refractivity contribution >= 4 is 23.4 Å². The monoisotopic (exact) mass is 316 g/mol. The van der Waals surface area contributed by atoms with Gasteiger partial charge in [0.25, 0.3) is 0 Å². The number of carboxylic acid groups (broad SMARTS) is 1. The lowest BCUT2D eigenvalue weighted by molar-refractivity contribution is -0.141. The molecule has 0 saturated carbocycles. The van der Waals surface area contributed by atoms with Gasteiger partial charge < -0.3 is 19.9 Å². The van der Waals surface area contributed by atoms with Crippen molar-refractivity contribution in [3.63, 3.8) is 0 Å². The lowest BCUT2D eigenvalue weighted by Crippen LogP contribution is -2.46. The van der Waals surface area contributed by atoms with E-state index in [0.29, 0.717) is 0 Å². The molecule has 1 aromatic heterocycles. The zero-order chi connectivity index (χ0) is 16.0. The van der Waals surface area contributed by atoms with Crippen LogP contribution in [0.15, 0.2) is 5.38 Å². The molecule has 0 aliphatic rings. The van der Waals surface area contributed by atoms with E-state index < -0.39 is 23.7 Å². The molecular formula is C13H20N2O5S. The lowest BCUT2D eigenvalue weighted by atomic mass is 10.2. The summed E-state index contributed by atoms with van der Waals surface area (Å²) in [6.45, 7) is 7.00. The third-order valence-electron chi connectivity index (χ3n) is 2.19. The summed E-state index contributed by atoms with van der Waals surface area (Å²) < 4.78 is 10.3. The topological polar surface area (TPSA) is 97.8 Å². The average Bonchev–Trinajstić information content (AvgIpc) is 2.71. The van der Waals surface area contributed by atoms with Gasteiger partial charge in [-0.2, -0.15) is 0 Å². The third kappa shape index (κ3) is 7.05. The molecule has 0 spiro atoms. The summed E-state index contributed by atoms with van der Waals surface area (Å²) in [4.78, 5) is 26.8. The standard InChI is InChI=1S/C13H20N2O5S/c1-8-14-9(7-21-8)5-19-6-10(11(16)17)15-12(18)20-13(2,3)4/h7,10H,5-6H2,1-4H3,(H,15,18)(H,16,17)/t10-/m1/s1. The van der Waals surface area contributed by atoms with Gasteiger partial charge in [-0.25, -0.2) is 14.6 Å². The van der Waals surface area contributed by atoms with Gasteiger partial charge in [-0.1, -0.05) is 0 Å². The Bertz CT molecular complexity index is 495. The molecule has 1 aromatic rings. The third-order valence-corrected chi connectivity index (χ3v) is 3.01. The predicted octanol–water partition coefficient (Wildman–Crippen LogP) is 1.95. The van der Waals surface area contributed by atoms with Crippen molar-refractivity contribution < 1.29 is 24.2 Å². The molecule has 1 atom stereocenters. The normalized spacial score (nSPS) is 12.8. The molecule has 0 radical (unpaired) electrons. The Hall–Kier alpha value is -1.67. The number of carboxylic acids is 1. The van der Waals surface area contributed by atoms with Gasteiger partial charge in [0.1, 0.15) is 5.60 Å². The molecule has 7 nitrogen and oxygen atoms in total. The Kier molecular flexibility index (Phi) is 6.10. The summed E-state index contributed by atoms with van der Waals surface area (Å²) in [5, 5.41) is 14.1. The largest absolute Gasteiger partial charge is 0.480 e. The molecule has 8 heteroatoms. The van der Waals surface area contributed by atoms with E-state index in [-0.39, 0.29) is 13.2 Å². The average molecular weight is 316 g/mol. The van der Waals surface area contributed by atoms with Crippen LogP contribution in [0.2, 0.25) is 0 Å². The minimum Gasteiger partial charge on any atom is -0.480 e. The molecule has 0 aliphatic heterocycles. The van der Waals surface area contributed by atoms with Gasteiger partial charge in [0.05, 0.1) is 23.9 Å². The predicted molar refractivity (Wildman–Crippen MR) is 77.3 cm³/mol. The van der Waals surface area contributed by atoms with E-state index in [1.165, 1.54) is 11.3 Å². The molecule has 1 amide bonds. The van der Waals surface area contributed by atoms with Gasteiger partial charge in [0, 0.05) is 5.38 Å². The van der Waals surface area contributed by atoms with Gasteiger partial charge in [-0.3, -0.25) is 0 Å². The number of hydrogen-bond donors (Lipinski definition) is 2. The number of aromatic nitrogens is 1. The second-order valence-electron chi connectivity index (χ2n) is 5.41. The van der Waals surface area contributed by atoms with E-state index in [1.54, 1.807) is 20.8 Å². The molecular weight excluding hydrogens is 296 g/mol. The van der Waals surface area contributed by atoms with Crippen molar-refractivity contribution in [2.45, 2.75) is 45.9 Å². The quantitative estimate of drug-likeness (QED) is 0.832. The number of amides is 1. The van der Waals surface area contributed by atoms with Crippen LogP contribution in [0.25, 0.3) is 0 Å². The number of rotatable bonds is 6. The van der Waals surface area contributed by atoms with Crippen LogP contribution in [0.4, 0.5) is 4.79 Å². The van der Waals surface area contributed by atoms with Crippen molar-refractivity contribution in [3.8, 4) is 0 Å². The lowest BCUT2D eigenvalue weighted by Gasteiger charge is -2.21. The molecule has 2 N–H and O–H groups in total. The van der Waals surface area contributed by atoms with Gasteiger partial charge in [-0.15, -0.1) is 11.3 Å². The maximum atomic E-state index is 11.5. The Morgan fingerprint density at radius 3 is 2.62 bits per heavy atom. The number of carbonyl (C=O) groups is 2. The Balaban J connectivity index is 2.43. The zero-order valence-electron chi connectivity index (χ0n) is 12.5. The Morgan fingerprint density at radius 2 is 2.14 bits per heavy atom. The van der Waals surface area contributed by atoms with E-state index in [0.717, 1.165) is 10.7 Å². The van der Waals surface area contributed by atoms with Crippen LogP contribution in [0.5, 0.6) is 0 Å². The first-order chi connectivity index (χ1) is 9.67. The highest BCUT2D eigenvalue weighted by Gasteiger charge is 2.24. The highest BCUT2D eigenvalue weighted by Crippen LogP contribution is 2.09. The maximum absolute atomic E-state index is 11.5. The van der Waals surface area contributed by atoms with Crippen LogP contribution < -0.4 is 5.32 Å². The molecule has 0 fully saturated rings. The van der Waals surface area contributed by atoms with E-state index in [2.05, 4.69) is 10.3 Å². The van der Waals surface area contributed by atoms with E-state index in [1.807, 2.05) is 12.3 Å². The van der Waals surface area contributed by atoms with Crippen molar-refractivity contribution in [2.24, 2.45) is 0 Å². The minimum absolute atomic E-state index is 0.162. The zero-order valence-corrected chi connectivity index (χ0v) is 13.3. The molecule has 1 heterocycles. The van der Waals surface area contributed by atoms with E-state index in [9.17, 15) is 9.59 Å². The number of carbonyl (C=O) groups excluding carboxylic acids is 1. The molecule has 0 bridgehead atoms. The molecule has 0 aliphatic carbocycles. The molecule has 21 heavy (non-hydrogen) atoms. The number of ether oxygens (including phenoxy) is 2. The molecule has 0 saturated heterocycles. The van der Waals surface area contributed by atoms with Crippen molar-refractivity contribution in [1.29, 1.82) is 0 Å². The summed E-state index contributed by atoms with van der Waals surface area (Å²) in [6, 6.07) is -1.17. The van der Waals surface area contributed by atoms with Gasteiger partial charge in [0.2, 0.25) is 0 Å². The first-order valence-corrected chi connectivity index (χ1v) is 7.26. The number of thiazole rings is 1. The Labute approximate surface area is 127 Å². The van der Waals surface area contributed by atoms with Gasteiger partial charge in [0.15, 0.2) is 6.04 Å². The number of nitrogens with zero attached hydrogens (tertiary/aromatic N) is 1. The highest BCUT2D eigenvalue weighted by atomic mass is 32.1. The van der Waals surface area contributed by atoms with E-state index >= 15 is 0 Å². The van der Waals surface area contributed by atoms with Crippen LogP contribution in [0.3, 0.4) is 0 Å². The fourth-order valence-corrected chi connectivity index (χ4v) is 1.98. The highest BCUT2D eigenvalue weighted by molar-refractivity contribution is 7.09. The first-order valence-electron chi connectivity index (χ1n) is 6.38. The fraction of sp³-hybridized carbons (Fsp3) is 0.615. The second kappa shape index (κ2) is 7.37. The summed E-state index contributed by atoms with van der Waals surface area (Å²) in [6.07, 6.45) is -0.789. The number of aliphatic carboxylic acids is 1. The van der Waals surface area contributed by atoms with Crippen LogP contribution in [0, 0.1) is 6.92 Å². The first kappa shape index (κ1) is 17.4. The molecule has 0 unspecified atom stereocenters. The van der Waals surface area contributed by atoms with Crippen LogP contribution >= 0.6 is 11.3 Å². The summed E-state index contributed by atoms with van der Waals surface area (Å²) >= 11 is 1.49. The summed E-state index contributed by atoms with van der Waals surface area (Å²) in [5.41, 5.74) is 0.0467. The van der Waals surface area contributed by atoms with E-state index in [4.69, 9.17) is 14.6 Å². The minimum atomic E-state index is -1.18. The second-order valence-corrected chi connectivity index (χ2v) is 6.47. The fourth-order valence-electron chi connectivity index (χ4n) is 1.38. The molecule has 0 aromatic carbocycles. The van der Waals surface area contributed by atoms with Crippen LogP contribution in [-0.2, 0) is 20.9 Å². The van der Waals surface area contributed by atoms with Crippen molar-refractivity contribution in [3.05, 3.63) is 16.1 Å². The SMILES string of the molecule is Cc1nc(COC[C@@H](NC(=O)OC(C)(C)C)C(=O)O)cs1. The van der Waals surface area contributed by atoms with Gasteiger partial charge in [-0.05, 0) is 27.7 Å². The van der Waals surface area contributed by atoms with Gasteiger partial charge >= 0.3 is 12.1 Å². The van der Waals surface area contributed by atoms with Crippen LogP contribution in [-0.4, -0.2) is 40.4 Å². The number of aryl methyl sites for hydroxylation is 1. The molecule has 1 rings (SSSR count). The summed E-state index contributed by atoms with van der Waals surface area (Å²) in [7, 11) is 0. The smallest absolute Gasteiger partial charge is 0.408 e. The van der Waals surface area contributed by atoms with Crippen molar-refractivity contribution in [2.75, 3.05) is 6.61 Å². The van der Waals surface area contributed by atoms with Crippen molar-refractivity contribution in [1.82, 2.24) is 10.3 Å². The van der Waals surface area contributed by atoms with Crippen LogP contribution in [0.1, 0.15) is 31.5 Å². The number of hydrogen-bond acceptors (Lipinski definition) is 6. The maximum Gasteiger partial charge on any atom is 0.408 e. The summed E-state index contributed by atoms with van der Waals surface area (Å²) in [5.74, 6) is -1.18. The number of nitrogens with one attached hydrogen (secondary N) is 1.